The first-order chi connectivity index (χ1) is 13.1. The monoisotopic (exact) mass is 360 g/mol. The van der Waals surface area contributed by atoms with Crippen LogP contribution in [-0.2, 0) is 0 Å². The van der Waals surface area contributed by atoms with Crippen molar-refractivity contribution in [3.05, 3.63) is 71.3 Å². The fourth-order valence-electron chi connectivity index (χ4n) is 3.66. The van der Waals surface area contributed by atoms with E-state index in [4.69, 9.17) is 0 Å². The van der Waals surface area contributed by atoms with E-state index in [0.717, 1.165) is 46.9 Å². The minimum atomic E-state index is 0.119. The largest absolute Gasteiger partial charge is 0.352 e. The summed E-state index contributed by atoms with van der Waals surface area (Å²) in [5, 5.41) is 7.58. The van der Waals surface area contributed by atoms with Crippen molar-refractivity contribution in [3.63, 3.8) is 0 Å². The zero-order valence-electron chi connectivity index (χ0n) is 15.8. The molecule has 0 radical (unpaired) electrons. The Morgan fingerprint density at radius 1 is 0.926 bits per heavy atom. The fourth-order valence-corrected chi connectivity index (χ4v) is 3.66. The third kappa shape index (κ3) is 3.72. The molecular formula is C22H24N4O. The molecule has 2 aromatic carbocycles. The number of H-pyrrole nitrogens is 1. The summed E-state index contributed by atoms with van der Waals surface area (Å²) >= 11 is 0. The SMILES string of the molecule is Cc1cc(C)cc(C(=O)N2CCN(c3cc(-c4ccccc4)[nH]n3)CC2)c1. The molecule has 0 spiro atoms. The molecule has 5 nitrogen and oxygen atoms in total. The van der Waals surface area contributed by atoms with Crippen LogP contribution >= 0.6 is 0 Å². The molecule has 4 rings (SSSR count). The molecular weight excluding hydrogens is 336 g/mol. The Morgan fingerprint density at radius 2 is 1.59 bits per heavy atom. The van der Waals surface area contributed by atoms with Crippen LogP contribution in [0.3, 0.4) is 0 Å². The fraction of sp³-hybridized carbons (Fsp3) is 0.273. The highest BCUT2D eigenvalue weighted by Crippen LogP contribution is 2.23. The third-order valence-electron chi connectivity index (χ3n) is 5.01. The first kappa shape index (κ1) is 17.3. The van der Waals surface area contributed by atoms with Gasteiger partial charge < -0.3 is 9.80 Å². The topological polar surface area (TPSA) is 52.2 Å². The Kier molecular flexibility index (Phi) is 4.67. The molecule has 0 aliphatic carbocycles. The number of piperazine rings is 1. The van der Waals surface area contributed by atoms with E-state index in [9.17, 15) is 4.79 Å². The predicted octanol–water partition coefficient (Wildman–Crippen LogP) is 3.66. The molecule has 1 aliphatic heterocycles. The minimum Gasteiger partial charge on any atom is -0.352 e. The number of aryl methyl sites for hydroxylation is 2. The number of amides is 1. The molecule has 0 unspecified atom stereocenters. The summed E-state index contributed by atoms with van der Waals surface area (Å²) in [7, 11) is 0. The lowest BCUT2D eigenvalue weighted by Crippen LogP contribution is -2.49. The van der Waals surface area contributed by atoms with Gasteiger partial charge in [0.15, 0.2) is 5.82 Å². The lowest BCUT2D eigenvalue weighted by molar-refractivity contribution is 0.0746. The Balaban J connectivity index is 1.42. The number of carbonyl (C=O) groups excluding carboxylic acids is 1. The van der Waals surface area contributed by atoms with Crippen LogP contribution in [0.15, 0.2) is 54.6 Å². The lowest BCUT2D eigenvalue weighted by atomic mass is 10.1. The van der Waals surface area contributed by atoms with E-state index in [1.807, 2.05) is 49.1 Å². The molecule has 1 aliphatic rings. The molecule has 27 heavy (non-hydrogen) atoms. The van der Waals surface area contributed by atoms with Crippen molar-refractivity contribution in [2.24, 2.45) is 0 Å². The number of aromatic nitrogens is 2. The van der Waals surface area contributed by atoms with E-state index in [2.05, 4.69) is 39.4 Å². The maximum atomic E-state index is 12.8. The highest BCUT2D eigenvalue weighted by Gasteiger charge is 2.23. The lowest BCUT2D eigenvalue weighted by Gasteiger charge is -2.34. The maximum absolute atomic E-state index is 12.8. The molecule has 2 heterocycles. The Labute approximate surface area is 159 Å². The molecule has 5 heteroatoms. The van der Waals surface area contributed by atoms with Gasteiger partial charge in [-0.15, -0.1) is 0 Å². The number of hydrogen-bond acceptors (Lipinski definition) is 3. The second-order valence-corrected chi connectivity index (χ2v) is 7.16. The molecule has 3 aromatic rings. The van der Waals surface area contributed by atoms with Gasteiger partial charge in [0.1, 0.15) is 0 Å². The summed E-state index contributed by atoms with van der Waals surface area (Å²) in [5.41, 5.74) is 5.18. The second-order valence-electron chi connectivity index (χ2n) is 7.16. The number of hydrogen-bond donors (Lipinski definition) is 1. The minimum absolute atomic E-state index is 0.119. The zero-order valence-corrected chi connectivity index (χ0v) is 15.8. The predicted molar refractivity (Wildman–Crippen MR) is 108 cm³/mol. The van der Waals surface area contributed by atoms with Gasteiger partial charge in [0.05, 0.1) is 5.69 Å². The van der Waals surface area contributed by atoms with Gasteiger partial charge >= 0.3 is 0 Å². The number of nitrogens with one attached hydrogen (secondary N) is 1. The summed E-state index contributed by atoms with van der Waals surface area (Å²) in [6.45, 7) is 7.05. The van der Waals surface area contributed by atoms with Gasteiger partial charge in [-0.3, -0.25) is 9.89 Å². The van der Waals surface area contributed by atoms with Crippen LogP contribution in [-0.4, -0.2) is 47.2 Å². The van der Waals surface area contributed by atoms with Crippen molar-refractivity contribution in [1.82, 2.24) is 15.1 Å². The standard InChI is InChI=1S/C22H24N4O/c1-16-12-17(2)14-19(13-16)22(27)26-10-8-25(9-11-26)21-15-20(23-24-21)18-6-4-3-5-7-18/h3-7,12-15H,8-11H2,1-2H3,(H,23,24). The number of nitrogens with zero attached hydrogens (tertiary/aromatic N) is 3. The van der Waals surface area contributed by atoms with Crippen LogP contribution in [0, 0.1) is 13.8 Å². The van der Waals surface area contributed by atoms with Gasteiger partial charge in [-0.05, 0) is 31.5 Å². The summed E-state index contributed by atoms with van der Waals surface area (Å²) < 4.78 is 0. The molecule has 138 valence electrons. The molecule has 0 bridgehead atoms. The van der Waals surface area contributed by atoms with Crippen LogP contribution in [0.25, 0.3) is 11.3 Å². The zero-order chi connectivity index (χ0) is 18.8. The second kappa shape index (κ2) is 7.27. The molecule has 1 amide bonds. The highest BCUT2D eigenvalue weighted by molar-refractivity contribution is 5.94. The van der Waals surface area contributed by atoms with E-state index < -0.39 is 0 Å². The van der Waals surface area contributed by atoms with E-state index in [1.165, 1.54) is 0 Å². The first-order valence-corrected chi connectivity index (χ1v) is 9.33. The average Bonchev–Trinajstić information content (AvgIpc) is 3.18. The molecule has 1 aromatic heterocycles. The van der Waals surface area contributed by atoms with Gasteiger partial charge in [-0.25, -0.2) is 0 Å². The number of rotatable bonds is 3. The molecule has 1 fully saturated rings. The van der Waals surface area contributed by atoms with Crippen LogP contribution < -0.4 is 4.90 Å². The van der Waals surface area contributed by atoms with Crippen LogP contribution in [0.4, 0.5) is 5.82 Å². The van der Waals surface area contributed by atoms with Crippen LogP contribution in [0.1, 0.15) is 21.5 Å². The van der Waals surface area contributed by atoms with Crippen molar-refractivity contribution in [3.8, 4) is 11.3 Å². The smallest absolute Gasteiger partial charge is 0.253 e. The number of anilines is 1. The Morgan fingerprint density at radius 3 is 2.26 bits per heavy atom. The average molecular weight is 360 g/mol. The van der Waals surface area contributed by atoms with Crippen molar-refractivity contribution in [2.75, 3.05) is 31.1 Å². The van der Waals surface area contributed by atoms with Crippen molar-refractivity contribution >= 4 is 11.7 Å². The first-order valence-electron chi connectivity index (χ1n) is 9.33. The summed E-state index contributed by atoms with van der Waals surface area (Å²) in [5.74, 6) is 1.06. The van der Waals surface area contributed by atoms with E-state index in [-0.39, 0.29) is 5.91 Å². The molecule has 1 saturated heterocycles. The van der Waals surface area contributed by atoms with Gasteiger partial charge in [-0.2, -0.15) is 5.10 Å². The molecule has 0 atom stereocenters. The van der Waals surface area contributed by atoms with Gasteiger partial charge in [-0.1, -0.05) is 47.5 Å². The van der Waals surface area contributed by atoms with E-state index in [1.54, 1.807) is 0 Å². The van der Waals surface area contributed by atoms with Crippen molar-refractivity contribution in [2.45, 2.75) is 13.8 Å². The Hall–Kier alpha value is -3.08. The van der Waals surface area contributed by atoms with E-state index in [0.29, 0.717) is 13.1 Å². The van der Waals surface area contributed by atoms with Gasteiger partial charge in [0, 0.05) is 37.8 Å². The Bertz CT molecular complexity index is 920. The molecule has 0 saturated carbocycles. The summed E-state index contributed by atoms with van der Waals surface area (Å²) in [4.78, 5) is 17.0. The van der Waals surface area contributed by atoms with E-state index >= 15 is 0 Å². The van der Waals surface area contributed by atoms with Crippen molar-refractivity contribution < 1.29 is 4.79 Å². The van der Waals surface area contributed by atoms with Gasteiger partial charge in [0.25, 0.3) is 5.91 Å². The summed E-state index contributed by atoms with van der Waals surface area (Å²) in [6, 6.07) is 18.3. The molecule has 1 N–H and O–H groups in total. The third-order valence-corrected chi connectivity index (χ3v) is 5.01. The van der Waals surface area contributed by atoms with Gasteiger partial charge in [0.2, 0.25) is 0 Å². The van der Waals surface area contributed by atoms with Crippen LogP contribution in [0.2, 0.25) is 0 Å². The maximum Gasteiger partial charge on any atom is 0.253 e. The highest BCUT2D eigenvalue weighted by atomic mass is 16.2. The number of benzene rings is 2. The summed E-state index contributed by atoms with van der Waals surface area (Å²) in [6.07, 6.45) is 0. The number of aromatic amines is 1. The quantitative estimate of drug-likeness (QED) is 0.776. The number of carbonyl (C=O) groups is 1. The van der Waals surface area contributed by atoms with Crippen molar-refractivity contribution in [1.29, 1.82) is 0 Å². The van der Waals surface area contributed by atoms with Crippen LogP contribution in [0.5, 0.6) is 0 Å². The normalized spacial score (nSPS) is 14.4.